The van der Waals surface area contributed by atoms with Crippen molar-refractivity contribution in [2.24, 2.45) is 0 Å². The first-order chi connectivity index (χ1) is 5.52. The molecule has 1 aromatic rings. The van der Waals surface area contributed by atoms with Gasteiger partial charge in [0.15, 0.2) is 0 Å². The highest BCUT2D eigenvalue weighted by Crippen LogP contribution is 2.30. The molecule has 0 saturated heterocycles. The third kappa shape index (κ3) is 2.56. The van der Waals surface area contributed by atoms with Gasteiger partial charge in [-0.05, 0) is 6.92 Å². The number of aryl methyl sites for hydroxylation is 1. The number of hydrogen-bond acceptors (Lipinski definition) is 2. The molecule has 0 atom stereocenters. The summed E-state index contributed by atoms with van der Waals surface area (Å²) in [6.45, 7) is 5.24. The Kier molecular flexibility index (Phi) is 3.79. The number of aromatic nitrogens is 1. The Balaban J connectivity index is 0.000000561. The van der Waals surface area contributed by atoms with E-state index in [9.17, 15) is 13.2 Å². The molecular formula is C7H10F3NO. The van der Waals surface area contributed by atoms with Crippen molar-refractivity contribution in [2.45, 2.75) is 26.9 Å². The monoisotopic (exact) mass is 181 g/mol. The summed E-state index contributed by atoms with van der Waals surface area (Å²) in [5.41, 5.74) is -0.944. The molecule has 0 aliphatic heterocycles. The van der Waals surface area contributed by atoms with Gasteiger partial charge in [0.2, 0.25) is 0 Å². The van der Waals surface area contributed by atoms with Crippen LogP contribution in [0.25, 0.3) is 0 Å². The van der Waals surface area contributed by atoms with Gasteiger partial charge < -0.3 is 4.52 Å². The summed E-state index contributed by atoms with van der Waals surface area (Å²) >= 11 is 0. The van der Waals surface area contributed by atoms with Crippen LogP contribution in [-0.2, 0) is 6.18 Å². The van der Waals surface area contributed by atoms with Gasteiger partial charge in [-0.3, -0.25) is 0 Å². The molecule has 0 spiro atoms. The van der Waals surface area contributed by atoms with E-state index in [0.29, 0.717) is 6.26 Å². The predicted octanol–water partition coefficient (Wildman–Crippen LogP) is 3.03. The van der Waals surface area contributed by atoms with Crippen LogP contribution in [0.5, 0.6) is 0 Å². The molecule has 0 bridgehead atoms. The standard InChI is InChI=1S/C5H4F3NO.C2H6/c1-3-4(2-10-9-3)5(6,7)8;1-2/h2H,1H3;1-2H3. The number of alkyl halides is 3. The second-order valence-electron chi connectivity index (χ2n) is 1.81. The molecule has 1 aromatic heterocycles. The Morgan fingerprint density at radius 2 is 1.83 bits per heavy atom. The molecule has 5 heteroatoms. The molecule has 1 rings (SSSR count). The van der Waals surface area contributed by atoms with Crippen LogP contribution in [-0.4, -0.2) is 5.16 Å². The van der Waals surface area contributed by atoms with Gasteiger partial charge in [0.25, 0.3) is 0 Å². The van der Waals surface area contributed by atoms with Gasteiger partial charge in [0.1, 0.15) is 11.8 Å². The van der Waals surface area contributed by atoms with Gasteiger partial charge in [-0.1, -0.05) is 19.0 Å². The van der Waals surface area contributed by atoms with E-state index >= 15 is 0 Å². The minimum absolute atomic E-state index is 0.132. The predicted molar refractivity (Wildman–Crippen MR) is 37.6 cm³/mol. The Bertz CT molecular complexity index is 229. The van der Waals surface area contributed by atoms with Crippen molar-refractivity contribution in [3.63, 3.8) is 0 Å². The van der Waals surface area contributed by atoms with E-state index in [2.05, 4.69) is 9.68 Å². The van der Waals surface area contributed by atoms with Crippen LogP contribution in [0.15, 0.2) is 10.8 Å². The minimum Gasteiger partial charge on any atom is -0.364 e. The highest BCUT2D eigenvalue weighted by molar-refractivity contribution is 5.15. The first-order valence-corrected chi connectivity index (χ1v) is 3.50. The van der Waals surface area contributed by atoms with Gasteiger partial charge in [-0.25, -0.2) is 0 Å². The lowest BCUT2D eigenvalue weighted by molar-refractivity contribution is -0.138. The molecule has 0 fully saturated rings. The molecular weight excluding hydrogens is 171 g/mol. The highest BCUT2D eigenvalue weighted by atomic mass is 19.4. The van der Waals surface area contributed by atoms with Crippen LogP contribution in [0.3, 0.4) is 0 Å². The van der Waals surface area contributed by atoms with E-state index in [1.807, 2.05) is 13.8 Å². The highest BCUT2D eigenvalue weighted by Gasteiger charge is 2.34. The quantitative estimate of drug-likeness (QED) is 0.614. The fraction of sp³-hybridized carbons (Fsp3) is 0.571. The van der Waals surface area contributed by atoms with Crippen molar-refractivity contribution in [1.29, 1.82) is 0 Å². The second kappa shape index (κ2) is 4.13. The minimum atomic E-state index is -4.34. The fourth-order valence-electron chi connectivity index (χ4n) is 0.565. The molecule has 0 aliphatic rings. The Labute approximate surface area is 68.4 Å². The first kappa shape index (κ1) is 11.0. The van der Waals surface area contributed by atoms with Crippen LogP contribution < -0.4 is 0 Å². The van der Waals surface area contributed by atoms with E-state index in [1.165, 1.54) is 6.92 Å². The summed E-state index contributed by atoms with van der Waals surface area (Å²) in [5, 5.41) is 3.09. The lowest BCUT2D eigenvalue weighted by Gasteiger charge is -2.00. The van der Waals surface area contributed by atoms with Crippen molar-refractivity contribution in [3.05, 3.63) is 17.5 Å². The Morgan fingerprint density at radius 3 is 2.00 bits per heavy atom. The molecule has 2 nitrogen and oxygen atoms in total. The zero-order valence-electron chi connectivity index (χ0n) is 7.07. The summed E-state index contributed by atoms with van der Waals surface area (Å²) in [6, 6.07) is 0. The zero-order chi connectivity index (χ0) is 9.78. The summed E-state index contributed by atoms with van der Waals surface area (Å²) in [4.78, 5) is 0. The summed E-state index contributed by atoms with van der Waals surface area (Å²) in [7, 11) is 0. The number of nitrogens with zero attached hydrogens (tertiary/aromatic N) is 1. The molecule has 0 unspecified atom stereocenters. The van der Waals surface area contributed by atoms with Crippen molar-refractivity contribution in [1.82, 2.24) is 5.16 Å². The molecule has 70 valence electrons. The molecule has 0 N–H and O–H groups in total. The zero-order valence-corrected chi connectivity index (χ0v) is 7.07. The average Bonchev–Trinajstić information content (AvgIpc) is 2.38. The van der Waals surface area contributed by atoms with E-state index in [-0.39, 0.29) is 5.69 Å². The molecule has 12 heavy (non-hydrogen) atoms. The molecule has 0 aliphatic carbocycles. The third-order valence-corrected chi connectivity index (χ3v) is 1.06. The van der Waals surface area contributed by atoms with Gasteiger partial charge in [-0.15, -0.1) is 0 Å². The largest absolute Gasteiger partial charge is 0.421 e. The second-order valence-corrected chi connectivity index (χ2v) is 1.81. The summed E-state index contributed by atoms with van der Waals surface area (Å²) in [6.07, 6.45) is -3.75. The maximum Gasteiger partial charge on any atom is 0.421 e. The Morgan fingerprint density at radius 1 is 1.33 bits per heavy atom. The molecule has 0 aromatic carbocycles. The van der Waals surface area contributed by atoms with Crippen molar-refractivity contribution in [2.75, 3.05) is 0 Å². The number of rotatable bonds is 0. The van der Waals surface area contributed by atoms with Gasteiger partial charge in [0.05, 0.1) is 5.69 Å². The van der Waals surface area contributed by atoms with Gasteiger partial charge >= 0.3 is 6.18 Å². The SMILES string of the molecule is CC.Cc1nocc1C(F)(F)F. The van der Waals surface area contributed by atoms with Crippen molar-refractivity contribution in [3.8, 4) is 0 Å². The number of halogens is 3. The molecule has 0 amide bonds. The molecule has 0 radical (unpaired) electrons. The van der Waals surface area contributed by atoms with Crippen LogP contribution in [0, 0.1) is 6.92 Å². The molecule has 0 saturated carbocycles. The maximum atomic E-state index is 11.8. The fourth-order valence-corrected chi connectivity index (χ4v) is 0.565. The lowest BCUT2D eigenvalue weighted by atomic mass is 10.3. The number of hydrogen-bond donors (Lipinski definition) is 0. The van der Waals surface area contributed by atoms with Crippen molar-refractivity contribution < 1.29 is 17.7 Å². The van der Waals surface area contributed by atoms with Crippen LogP contribution in [0.4, 0.5) is 13.2 Å². The van der Waals surface area contributed by atoms with Crippen LogP contribution in [0.2, 0.25) is 0 Å². The molecule has 1 heterocycles. The van der Waals surface area contributed by atoms with Crippen molar-refractivity contribution >= 4 is 0 Å². The smallest absolute Gasteiger partial charge is 0.364 e. The van der Waals surface area contributed by atoms with E-state index in [4.69, 9.17) is 0 Å². The van der Waals surface area contributed by atoms with Gasteiger partial charge in [0, 0.05) is 0 Å². The normalized spacial score (nSPS) is 10.5. The lowest BCUT2D eigenvalue weighted by Crippen LogP contribution is -2.04. The third-order valence-electron chi connectivity index (χ3n) is 1.06. The first-order valence-electron chi connectivity index (χ1n) is 3.50. The van der Waals surface area contributed by atoms with E-state index in [0.717, 1.165) is 0 Å². The summed E-state index contributed by atoms with van der Waals surface area (Å²) in [5.74, 6) is 0. The van der Waals surface area contributed by atoms with Gasteiger partial charge in [-0.2, -0.15) is 13.2 Å². The topological polar surface area (TPSA) is 26.0 Å². The van der Waals surface area contributed by atoms with Crippen LogP contribution in [0.1, 0.15) is 25.1 Å². The summed E-state index contributed by atoms with van der Waals surface area (Å²) < 4.78 is 39.4. The maximum absolute atomic E-state index is 11.8. The van der Waals surface area contributed by atoms with Crippen LogP contribution >= 0.6 is 0 Å². The average molecular weight is 181 g/mol. The van der Waals surface area contributed by atoms with E-state index < -0.39 is 11.7 Å². The Hall–Kier alpha value is -1.00. The van der Waals surface area contributed by atoms with E-state index in [1.54, 1.807) is 0 Å².